The van der Waals surface area contributed by atoms with Gasteiger partial charge in [0.1, 0.15) is 0 Å². The van der Waals surface area contributed by atoms with Gasteiger partial charge in [0, 0.05) is 12.0 Å². The number of aliphatic hydroxyl groups excluding tert-OH is 1. The maximum absolute atomic E-state index is 12.1. The van der Waals surface area contributed by atoms with Crippen LogP contribution in [0.1, 0.15) is 28.4 Å². The quantitative estimate of drug-likeness (QED) is 0.727. The lowest BCUT2D eigenvalue weighted by Crippen LogP contribution is -2.07. The highest BCUT2D eigenvalue weighted by Crippen LogP contribution is 2.23. The van der Waals surface area contributed by atoms with Crippen molar-refractivity contribution in [2.75, 3.05) is 0 Å². The van der Waals surface area contributed by atoms with Crippen molar-refractivity contribution in [3.8, 4) is 0 Å². The maximum atomic E-state index is 12.1. The van der Waals surface area contributed by atoms with Crippen LogP contribution in [0.25, 0.3) is 10.8 Å². The molecule has 0 aliphatic rings. The van der Waals surface area contributed by atoms with E-state index in [0.29, 0.717) is 5.56 Å². The van der Waals surface area contributed by atoms with Crippen LogP contribution in [-0.4, -0.2) is 10.9 Å². The van der Waals surface area contributed by atoms with Crippen molar-refractivity contribution in [1.29, 1.82) is 0 Å². The van der Waals surface area contributed by atoms with Gasteiger partial charge in [-0.25, -0.2) is 0 Å². The van der Waals surface area contributed by atoms with Crippen LogP contribution in [0.2, 0.25) is 0 Å². The van der Waals surface area contributed by atoms with E-state index in [9.17, 15) is 9.90 Å². The van der Waals surface area contributed by atoms with E-state index in [1.807, 2.05) is 60.7 Å². The van der Waals surface area contributed by atoms with Crippen LogP contribution in [-0.2, 0) is 0 Å². The second-order valence-corrected chi connectivity index (χ2v) is 5.12. The van der Waals surface area contributed by atoms with Crippen molar-refractivity contribution in [3.63, 3.8) is 0 Å². The highest BCUT2D eigenvalue weighted by atomic mass is 16.3. The summed E-state index contributed by atoms with van der Waals surface area (Å²) in [5.74, 6) is -0.0451. The Morgan fingerprint density at radius 2 is 1.52 bits per heavy atom. The Morgan fingerprint density at radius 3 is 2.29 bits per heavy atom. The molecule has 1 atom stereocenters. The van der Waals surface area contributed by atoms with Gasteiger partial charge in [0.25, 0.3) is 0 Å². The second kappa shape index (κ2) is 5.90. The fourth-order valence-corrected chi connectivity index (χ4v) is 2.45. The summed E-state index contributed by atoms with van der Waals surface area (Å²) in [5.41, 5.74) is 1.41. The second-order valence-electron chi connectivity index (χ2n) is 5.12. The van der Waals surface area contributed by atoms with E-state index in [0.717, 1.165) is 16.3 Å². The molecule has 2 heteroatoms. The number of aliphatic hydroxyl groups is 1. The van der Waals surface area contributed by atoms with Gasteiger partial charge < -0.3 is 5.11 Å². The lowest BCUT2D eigenvalue weighted by Gasteiger charge is -2.11. The predicted molar refractivity (Wildman–Crippen MR) is 84.3 cm³/mol. The number of benzene rings is 3. The molecule has 21 heavy (non-hydrogen) atoms. The lowest BCUT2D eigenvalue weighted by molar-refractivity contribution is 0.0880. The van der Waals surface area contributed by atoms with Crippen LogP contribution < -0.4 is 0 Å². The Balaban J connectivity index is 1.80. The number of hydrogen-bond acceptors (Lipinski definition) is 2. The van der Waals surface area contributed by atoms with Gasteiger partial charge in [0.2, 0.25) is 0 Å². The molecule has 2 nitrogen and oxygen atoms in total. The lowest BCUT2D eigenvalue weighted by atomic mass is 9.98. The summed E-state index contributed by atoms with van der Waals surface area (Å²) >= 11 is 0. The van der Waals surface area contributed by atoms with Crippen LogP contribution in [0.4, 0.5) is 0 Å². The molecule has 0 aliphatic carbocycles. The molecule has 0 heterocycles. The predicted octanol–water partition coefficient (Wildman–Crippen LogP) is 4.15. The fourth-order valence-electron chi connectivity index (χ4n) is 2.45. The molecule has 0 fully saturated rings. The number of carbonyl (C=O) groups excluding carboxylic acids is 1. The van der Waals surface area contributed by atoms with Gasteiger partial charge in [0.15, 0.2) is 5.78 Å². The van der Waals surface area contributed by atoms with Crippen molar-refractivity contribution in [3.05, 3.63) is 83.9 Å². The smallest absolute Gasteiger partial charge is 0.165 e. The van der Waals surface area contributed by atoms with Crippen LogP contribution in [0.3, 0.4) is 0 Å². The fraction of sp³-hybridized carbons (Fsp3) is 0.105. The Bertz CT molecular complexity index is 763. The van der Waals surface area contributed by atoms with Gasteiger partial charge >= 0.3 is 0 Å². The highest BCUT2D eigenvalue weighted by molar-refractivity contribution is 5.96. The first-order valence-electron chi connectivity index (χ1n) is 6.99. The molecule has 0 aromatic heterocycles. The highest BCUT2D eigenvalue weighted by Gasteiger charge is 2.14. The first kappa shape index (κ1) is 13.5. The molecule has 0 saturated heterocycles. The summed E-state index contributed by atoms with van der Waals surface area (Å²) in [6.45, 7) is 0. The molecule has 0 unspecified atom stereocenters. The minimum atomic E-state index is -0.776. The summed E-state index contributed by atoms with van der Waals surface area (Å²) in [6.07, 6.45) is -0.676. The van der Waals surface area contributed by atoms with Gasteiger partial charge in [-0.2, -0.15) is 0 Å². The Labute approximate surface area is 123 Å². The topological polar surface area (TPSA) is 37.3 Å². The monoisotopic (exact) mass is 276 g/mol. The zero-order valence-corrected chi connectivity index (χ0v) is 11.6. The average molecular weight is 276 g/mol. The molecule has 0 aliphatic heterocycles. The number of rotatable bonds is 4. The summed E-state index contributed by atoms with van der Waals surface area (Å²) in [4.78, 5) is 12.1. The number of ketones is 1. The maximum Gasteiger partial charge on any atom is 0.165 e. The van der Waals surface area contributed by atoms with Gasteiger partial charge in [-0.3, -0.25) is 4.79 Å². The number of carbonyl (C=O) groups is 1. The third-order valence-corrected chi connectivity index (χ3v) is 3.63. The van der Waals surface area contributed by atoms with E-state index in [2.05, 4.69) is 0 Å². The van der Waals surface area contributed by atoms with E-state index >= 15 is 0 Å². The molecule has 0 radical (unpaired) electrons. The third kappa shape index (κ3) is 3.01. The van der Waals surface area contributed by atoms with Crippen molar-refractivity contribution in [1.82, 2.24) is 0 Å². The molecule has 0 saturated carbocycles. The van der Waals surface area contributed by atoms with E-state index in [1.54, 1.807) is 12.1 Å². The summed E-state index contributed by atoms with van der Waals surface area (Å²) in [5, 5.41) is 12.5. The van der Waals surface area contributed by atoms with Crippen molar-refractivity contribution < 1.29 is 9.90 Å². The van der Waals surface area contributed by atoms with Gasteiger partial charge in [-0.15, -0.1) is 0 Å². The van der Waals surface area contributed by atoms with Crippen LogP contribution >= 0.6 is 0 Å². The largest absolute Gasteiger partial charge is 0.388 e. The van der Waals surface area contributed by atoms with Crippen molar-refractivity contribution >= 4 is 16.6 Å². The summed E-state index contributed by atoms with van der Waals surface area (Å²) in [7, 11) is 0. The zero-order valence-electron chi connectivity index (χ0n) is 11.6. The molecule has 104 valence electrons. The van der Waals surface area contributed by atoms with Crippen molar-refractivity contribution in [2.45, 2.75) is 12.5 Å². The van der Waals surface area contributed by atoms with E-state index < -0.39 is 6.10 Å². The van der Waals surface area contributed by atoms with Crippen LogP contribution in [0.5, 0.6) is 0 Å². The molecule has 3 aromatic carbocycles. The van der Waals surface area contributed by atoms with E-state index in [-0.39, 0.29) is 12.2 Å². The molecular formula is C19H16O2. The average Bonchev–Trinajstić information content (AvgIpc) is 2.55. The standard InChI is InChI=1S/C19H16O2/c20-18(15-7-2-1-3-8-15)13-19(21)17-11-10-14-6-4-5-9-16(14)12-17/h1-12,19,21H,13H2/t19-/m0/s1. The number of fused-ring (bicyclic) bond motifs is 1. The number of Topliss-reactive ketones (excluding diaryl/α,β-unsaturated/α-hetero) is 1. The van der Waals surface area contributed by atoms with Crippen molar-refractivity contribution in [2.24, 2.45) is 0 Å². The molecule has 0 bridgehead atoms. The Hall–Kier alpha value is -2.45. The molecule has 3 aromatic rings. The van der Waals surface area contributed by atoms with Crippen LogP contribution in [0.15, 0.2) is 72.8 Å². The molecule has 0 amide bonds. The normalized spacial score (nSPS) is 12.2. The van der Waals surface area contributed by atoms with E-state index in [1.165, 1.54) is 0 Å². The molecule has 0 spiro atoms. The third-order valence-electron chi connectivity index (χ3n) is 3.63. The first-order valence-corrected chi connectivity index (χ1v) is 6.99. The minimum absolute atomic E-state index is 0.0451. The summed E-state index contributed by atoms with van der Waals surface area (Å²) < 4.78 is 0. The Kier molecular flexibility index (Phi) is 3.80. The molecule has 1 N–H and O–H groups in total. The zero-order chi connectivity index (χ0) is 14.7. The molecule has 3 rings (SSSR count). The van der Waals surface area contributed by atoms with E-state index in [4.69, 9.17) is 0 Å². The Morgan fingerprint density at radius 1 is 0.857 bits per heavy atom. The van der Waals surface area contributed by atoms with Gasteiger partial charge in [-0.05, 0) is 22.4 Å². The molecular weight excluding hydrogens is 260 g/mol. The summed E-state index contributed by atoms with van der Waals surface area (Å²) in [6, 6.07) is 22.9. The minimum Gasteiger partial charge on any atom is -0.388 e. The number of hydrogen-bond donors (Lipinski definition) is 1. The van der Waals surface area contributed by atoms with Gasteiger partial charge in [0.05, 0.1) is 6.10 Å². The SMILES string of the molecule is O=C(C[C@H](O)c1ccc2ccccc2c1)c1ccccc1. The first-order chi connectivity index (χ1) is 10.2. The van der Waals surface area contributed by atoms with Crippen LogP contribution in [0, 0.1) is 0 Å². The van der Waals surface area contributed by atoms with Gasteiger partial charge in [-0.1, -0.05) is 66.7 Å².